The Hall–Kier alpha value is -4.34. The van der Waals surface area contributed by atoms with Gasteiger partial charge in [0, 0.05) is 55.5 Å². The van der Waals surface area contributed by atoms with Crippen molar-refractivity contribution in [3.05, 3.63) is 153 Å². The Morgan fingerprint density at radius 2 is 1.48 bits per heavy atom. The molecular formula is C44H46BrCl2N3O4. The molecule has 1 aliphatic rings. The number of amides is 1. The molecule has 1 fully saturated rings. The number of rotatable bonds is 13. The van der Waals surface area contributed by atoms with Crippen molar-refractivity contribution >= 4 is 51.7 Å². The first-order valence-electron chi connectivity index (χ1n) is 17.9. The van der Waals surface area contributed by atoms with E-state index in [2.05, 4.69) is 60.1 Å². The van der Waals surface area contributed by atoms with E-state index in [4.69, 9.17) is 37.4 Å². The van der Waals surface area contributed by atoms with Gasteiger partial charge in [-0.2, -0.15) is 0 Å². The van der Waals surface area contributed by atoms with Crippen LogP contribution >= 0.6 is 40.2 Å². The number of carbonyl (C=O) groups excluding carboxylic acids is 1. The second kappa shape index (κ2) is 19.3. The summed E-state index contributed by atoms with van der Waals surface area (Å²) in [5, 5.41) is 1.09. The van der Waals surface area contributed by atoms with E-state index < -0.39 is 0 Å². The number of hydrogen-bond donors (Lipinski definition) is 0. The van der Waals surface area contributed by atoms with Gasteiger partial charge in [0.05, 0.1) is 11.2 Å². The smallest absolute Gasteiger partial charge is 0.246 e. The average molecular weight is 832 g/mol. The molecule has 54 heavy (non-hydrogen) atoms. The van der Waals surface area contributed by atoms with E-state index in [1.807, 2.05) is 67.3 Å². The number of ether oxygens (including phenoxy) is 3. The first-order chi connectivity index (χ1) is 25.6. The summed E-state index contributed by atoms with van der Waals surface area (Å²) < 4.78 is 17.9. The molecule has 0 unspecified atom stereocenters. The lowest BCUT2D eigenvalue weighted by atomic mass is 10.0. The normalized spacial score (nSPS) is 13.4. The third kappa shape index (κ3) is 11.1. The molecule has 282 valence electrons. The Bertz CT molecular complexity index is 2010. The number of benzene rings is 4. The molecular weight excluding hydrogens is 785 g/mol. The minimum Gasteiger partial charge on any atom is -0.489 e. The highest BCUT2D eigenvalue weighted by Gasteiger charge is 2.21. The number of aryl methyl sites for hydroxylation is 1. The van der Waals surface area contributed by atoms with E-state index in [9.17, 15) is 4.79 Å². The maximum absolute atomic E-state index is 13.3. The highest BCUT2D eigenvalue weighted by molar-refractivity contribution is 8.93. The lowest BCUT2D eigenvalue weighted by Gasteiger charge is -2.34. The summed E-state index contributed by atoms with van der Waals surface area (Å²) >= 11 is 12.9. The molecule has 7 nitrogen and oxygen atoms in total. The molecule has 5 aromatic rings. The van der Waals surface area contributed by atoms with Crippen LogP contribution in [0.25, 0.3) is 5.57 Å². The van der Waals surface area contributed by atoms with Crippen LogP contribution in [-0.4, -0.2) is 46.9 Å². The summed E-state index contributed by atoms with van der Waals surface area (Å²) in [5.74, 6) is 2.88. The van der Waals surface area contributed by atoms with Crippen LogP contribution in [0.4, 0.5) is 0 Å². The quantitative estimate of drug-likeness (QED) is 0.110. The predicted molar refractivity (Wildman–Crippen MR) is 223 cm³/mol. The van der Waals surface area contributed by atoms with Crippen LogP contribution < -0.4 is 14.2 Å². The Morgan fingerprint density at radius 3 is 2.13 bits per heavy atom. The second-order valence-corrected chi connectivity index (χ2v) is 14.5. The average Bonchev–Trinajstić information content (AvgIpc) is 3.16. The first kappa shape index (κ1) is 40.8. The van der Waals surface area contributed by atoms with Gasteiger partial charge in [0.25, 0.3) is 0 Å². The van der Waals surface area contributed by atoms with Crippen LogP contribution in [0.2, 0.25) is 10.0 Å². The van der Waals surface area contributed by atoms with Crippen molar-refractivity contribution in [3.63, 3.8) is 0 Å². The first-order valence-corrected chi connectivity index (χ1v) is 18.7. The zero-order valence-corrected chi connectivity index (χ0v) is 34.3. The number of halogens is 3. The van der Waals surface area contributed by atoms with E-state index >= 15 is 0 Å². The summed E-state index contributed by atoms with van der Waals surface area (Å²) in [5.41, 5.74) is 7.12. The monoisotopic (exact) mass is 829 g/mol. The molecule has 0 radical (unpaired) electrons. The number of aromatic nitrogens is 1. The minimum absolute atomic E-state index is 0. The lowest BCUT2D eigenvalue weighted by Crippen LogP contribution is -2.47. The van der Waals surface area contributed by atoms with Crippen molar-refractivity contribution in [2.24, 2.45) is 0 Å². The van der Waals surface area contributed by atoms with Crippen molar-refractivity contribution in [2.45, 2.75) is 53.4 Å². The highest BCUT2D eigenvalue weighted by atomic mass is 79.9. The van der Waals surface area contributed by atoms with E-state index in [0.717, 1.165) is 53.2 Å². The zero-order chi connectivity index (χ0) is 37.3. The molecule has 0 spiro atoms. The maximum Gasteiger partial charge on any atom is 0.246 e. The van der Waals surface area contributed by atoms with Crippen molar-refractivity contribution < 1.29 is 19.0 Å². The Morgan fingerprint density at radius 1 is 0.815 bits per heavy atom. The summed E-state index contributed by atoms with van der Waals surface area (Å²) in [4.78, 5) is 22.0. The fourth-order valence-electron chi connectivity index (χ4n) is 6.08. The number of allylic oxidation sites excluding steroid dienone is 1. The molecule has 2 heterocycles. The Labute approximate surface area is 339 Å². The SMILES string of the molecule is Br.C/C(=C/C(=O)N1CCN(Cc2ccc(COc3ccc(C(C)C)cc3)cc2)CC1)c1cc(C)c(Oc2ccc(OCc3ccccc3Cl)cn2)c(Cl)c1. The van der Waals surface area contributed by atoms with Crippen LogP contribution in [0.1, 0.15) is 60.1 Å². The molecule has 1 aromatic heterocycles. The molecule has 0 saturated carbocycles. The third-order valence-electron chi connectivity index (χ3n) is 9.36. The van der Waals surface area contributed by atoms with E-state index in [-0.39, 0.29) is 22.9 Å². The minimum atomic E-state index is 0. The second-order valence-electron chi connectivity index (χ2n) is 13.7. The van der Waals surface area contributed by atoms with Gasteiger partial charge in [-0.15, -0.1) is 17.0 Å². The van der Waals surface area contributed by atoms with Gasteiger partial charge < -0.3 is 19.1 Å². The predicted octanol–water partition coefficient (Wildman–Crippen LogP) is 11.1. The highest BCUT2D eigenvalue weighted by Crippen LogP contribution is 2.35. The van der Waals surface area contributed by atoms with Crippen molar-refractivity contribution in [1.29, 1.82) is 0 Å². The van der Waals surface area contributed by atoms with Gasteiger partial charge in [-0.25, -0.2) is 4.98 Å². The van der Waals surface area contributed by atoms with E-state index in [0.29, 0.717) is 59.6 Å². The Kier molecular flexibility index (Phi) is 14.6. The van der Waals surface area contributed by atoms with Gasteiger partial charge in [-0.1, -0.05) is 91.6 Å². The molecule has 10 heteroatoms. The fourth-order valence-corrected chi connectivity index (χ4v) is 6.58. The van der Waals surface area contributed by atoms with E-state index in [1.54, 1.807) is 24.4 Å². The van der Waals surface area contributed by atoms with Gasteiger partial charge in [-0.3, -0.25) is 9.69 Å². The molecule has 1 amide bonds. The summed E-state index contributed by atoms with van der Waals surface area (Å²) in [7, 11) is 0. The summed E-state index contributed by atoms with van der Waals surface area (Å²) in [6.07, 6.45) is 3.30. The summed E-state index contributed by atoms with van der Waals surface area (Å²) in [6, 6.07) is 31.8. The number of pyridine rings is 1. The topological polar surface area (TPSA) is 64.1 Å². The number of carbonyl (C=O) groups is 1. The molecule has 0 N–H and O–H groups in total. The maximum atomic E-state index is 13.3. The van der Waals surface area contributed by atoms with Crippen LogP contribution in [0.5, 0.6) is 23.1 Å². The van der Waals surface area contributed by atoms with Crippen LogP contribution in [0.3, 0.4) is 0 Å². The molecule has 1 saturated heterocycles. The standard InChI is InChI=1S/C44H45Cl2N3O4.BrH/c1-30(2)35-13-15-38(16-14-35)51-28-34-11-9-33(10-12-34)27-48-19-21-49(22-20-48)43(50)24-31(3)37-23-32(4)44(41(46)25-37)53-42-18-17-39(26-47-42)52-29-36-7-5-6-8-40(36)45;/h5-18,23-26,30H,19-22,27-29H2,1-4H3;1H/b31-24-;. The molecule has 1 aliphatic heterocycles. The van der Waals surface area contributed by atoms with E-state index in [1.165, 1.54) is 11.1 Å². The van der Waals surface area contributed by atoms with Gasteiger partial charge in [0.2, 0.25) is 11.8 Å². The molecule has 0 atom stereocenters. The van der Waals surface area contributed by atoms with Crippen molar-refractivity contribution in [2.75, 3.05) is 26.2 Å². The van der Waals surface area contributed by atoms with Gasteiger partial charge in [0.1, 0.15) is 24.7 Å². The number of hydrogen-bond acceptors (Lipinski definition) is 6. The number of nitrogens with zero attached hydrogens (tertiary/aromatic N) is 3. The van der Waals surface area contributed by atoms with Gasteiger partial charge >= 0.3 is 0 Å². The van der Waals surface area contributed by atoms with Gasteiger partial charge in [-0.05, 0) is 89.6 Å². The van der Waals surface area contributed by atoms with Crippen LogP contribution in [0.15, 0.2) is 109 Å². The molecule has 6 rings (SSSR count). The molecule has 4 aromatic carbocycles. The van der Waals surface area contributed by atoms with Crippen molar-refractivity contribution in [3.8, 4) is 23.1 Å². The van der Waals surface area contributed by atoms with Gasteiger partial charge in [0.15, 0.2) is 5.75 Å². The molecule has 0 aliphatic carbocycles. The zero-order valence-electron chi connectivity index (χ0n) is 31.1. The largest absolute Gasteiger partial charge is 0.489 e. The van der Waals surface area contributed by atoms with Crippen molar-refractivity contribution in [1.82, 2.24) is 14.8 Å². The summed E-state index contributed by atoms with van der Waals surface area (Å²) in [6.45, 7) is 12.9. The lowest BCUT2D eigenvalue weighted by molar-refractivity contribution is -0.127. The van der Waals surface area contributed by atoms with Crippen LogP contribution in [-0.2, 0) is 24.6 Å². The number of piperazine rings is 1. The molecule has 0 bridgehead atoms. The Balaban J connectivity index is 0.00000561. The fraction of sp³-hybridized carbons (Fsp3) is 0.273. The third-order valence-corrected chi connectivity index (χ3v) is 10.0. The van der Waals surface area contributed by atoms with Crippen LogP contribution in [0, 0.1) is 6.92 Å².